The van der Waals surface area contributed by atoms with E-state index in [0.29, 0.717) is 17.2 Å². The van der Waals surface area contributed by atoms with Gasteiger partial charge in [-0.05, 0) is 73.2 Å². The molecule has 1 atom stereocenters. The van der Waals surface area contributed by atoms with E-state index in [4.69, 9.17) is 24.6 Å². The van der Waals surface area contributed by atoms with E-state index in [0.717, 1.165) is 51.1 Å². The molecule has 7 rings (SSSR count). The van der Waals surface area contributed by atoms with Crippen LogP contribution in [-0.4, -0.2) is 41.6 Å². The number of amidine groups is 2. The van der Waals surface area contributed by atoms with Crippen LogP contribution in [0.2, 0.25) is 0 Å². The quantitative estimate of drug-likeness (QED) is 0.235. The van der Waals surface area contributed by atoms with Gasteiger partial charge in [-0.25, -0.2) is 19.5 Å². The lowest BCUT2D eigenvalue weighted by Crippen LogP contribution is -2.46. The number of benzene rings is 4. The molecule has 0 aliphatic carbocycles. The normalized spacial score (nSPS) is 15.0. The van der Waals surface area contributed by atoms with Gasteiger partial charge in [-0.15, -0.1) is 0 Å². The molecule has 0 saturated carbocycles. The summed E-state index contributed by atoms with van der Waals surface area (Å²) < 4.78 is 12.2. The van der Waals surface area contributed by atoms with Crippen LogP contribution in [-0.2, 0) is 4.74 Å². The van der Waals surface area contributed by atoms with Gasteiger partial charge in [0, 0.05) is 11.3 Å². The summed E-state index contributed by atoms with van der Waals surface area (Å²) in [4.78, 5) is 24.8. The van der Waals surface area contributed by atoms with Crippen molar-refractivity contribution in [1.82, 2.24) is 9.78 Å². The minimum atomic E-state index is -0.382. The first-order chi connectivity index (χ1) is 21.1. The second-order valence-electron chi connectivity index (χ2n) is 10.2. The average molecular weight is 569 g/mol. The number of carbonyl (C=O) groups excluding carboxylic acids is 1. The molecule has 43 heavy (non-hydrogen) atoms. The summed E-state index contributed by atoms with van der Waals surface area (Å²) in [6.07, 6.45) is 0. The summed E-state index contributed by atoms with van der Waals surface area (Å²) in [5.74, 6) is 2.36. The first-order valence-corrected chi connectivity index (χ1v) is 13.9. The van der Waals surface area contributed by atoms with E-state index in [9.17, 15) is 4.79 Å². The lowest BCUT2D eigenvalue weighted by atomic mass is 9.92. The number of rotatable bonds is 5. The molecule has 5 aromatic rings. The maximum Gasteiger partial charge on any atom is 0.337 e. The van der Waals surface area contributed by atoms with Gasteiger partial charge in [0.25, 0.3) is 0 Å². The number of para-hydroxylation sites is 3. The van der Waals surface area contributed by atoms with Crippen molar-refractivity contribution in [3.05, 3.63) is 126 Å². The number of aliphatic imine (C=N–C) groups is 2. The summed E-state index contributed by atoms with van der Waals surface area (Å²) in [6, 6.07) is 32.9. The van der Waals surface area contributed by atoms with Crippen LogP contribution < -0.4 is 15.0 Å². The van der Waals surface area contributed by atoms with E-state index in [-0.39, 0.29) is 12.0 Å². The Labute approximate surface area is 248 Å². The predicted octanol–water partition coefficient (Wildman–Crippen LogP) is 6.77. The van der Waals surface area contributed by atoms with Gasteiger partial charge in [-0.1, -0.05) is 42.5 Å². The zero-order valence-corrected chi connectivity index (χ0v) is 23.9. The maximum atomic E-state index is 12.3. The third kappa shape index (κ3) is 4.51. The van der Waals surface area contributed by atoms with Crippen LogP contribution in [0.25, 0.3) is 5.69 Å². The second kappa shape index (κ2) is 10.6. The molecule has 2 aliphatic heterocycles. The molecule has 3 heterocycles. The zero-order valence-electron chi connectivity index (χ0n) is 23.9. The van der Waals surface area contributed by atoms with Crippen molar-refractivity contribution in [2.45, 2.75) is 13.0 Å². The molecule has 1 aromatic heterocycles. The van der Waals surface area contributed by atoms with E-state index in [2.05, 4.69) is 16.3 Å². The topological polar surface area (TPSA) is 93.3 Å². The fourth-order valence-corrected chi connectivity index (χ4v) is 5.59. The summed E-state index contributed by atoms with van der Waals surface area (Å²) in [5.41, 5.74) is 6.76. The molecule has 2 aliphatic rings. The van der Waals surface area contributed by atoms with Crippen molar-refractivity contribution in [3.8, 4) is 11.4 Å². The number of hydrogen-bond acceptors (Lipinski definition) is 8. The number of nitrogens with zero attached hydrogens (tertiary/aromatic N) is 5. The largest absolute Gasteiger partial charge is 0.497 e. The van der Waals surface area contributed by atoms with Crippen LogP contribution >= 0.6 is 0 Å². The Morgan fingerprint density at radius 1 is 0.837 bits per heavy atom. The smallest absolute Gasteiger partial charge is 0.337 e. The van der Waals surface area contributed by atoms with Crippen LogP contribution in [0.5, 0.6) is 5.75 Å². The number of aromatic nitrogens is 2. The third-order valence-electron chi connectivity index (χ3n) is 7.64. The maximum absolute atomic E-state index is 12.3. The van der Waals surface area contributed by atoms with E-state index in [1.807, 2.05) is 96.5 Å². The van der Waals surface area contributed by atoms with Gasteiger partial charge in [0.05, 0.1) is 48.6 Å². The van der Waals surface area contributed by atoms with Gasteiger partial charge >= 0.3 is 5.97 Å². The van der Waals surface area contributed by atoms with E-state index in [1.165, 1.54) is 7.11 Å². The van der Waals surface area contributed by atoms with Crippen molar-refractivity contribution in [2.24, 2.45) is 9.98 Å². The number of hydrogen-bond donors (Lipinski definition) is 1. The Hall–Kier alpha value is -5.70. The minimum Gasteiger partial charge on any atom is -0.497 e. The fraction of sp³-hybridized carbons (Fsp3) is 0.118. The number of anilines is 2. The molecule has 0 amide bonds. The zero-order chi connectivity index (χ0) is 29.5. The molecule has 9 heteroatoms. The summed E-state index contributed by atoms with van der Waals surface area (Å²) >= 11 is 0. The monoisotopic (exact) mass is 568 g/mol. The van der Waals surface area contributed by atoms with Crippen LogP contribution in [0, 0.1) is 6.92 Å². The standard InChI is InChI=1S/C34H28N6O3/c1-21-29-30(22-13-15-23(16-14-22)34(41)43-3)39-28-12-8-7-11-27(28)36-31(35-24-17-19-26(42-2)20-18-24)33(39)37-32(29)40(38-21)25-9-5-4-6-10-25/h4-20,30H,1-3H3,(H,35,36)/t30-/m0/s1. The summed E-state index contributed by atoms with van der Waals surface area (Å²) in [7, 11) is 3.03. The van der Waals surface area contributed by atoms with Crippen LogP contribution in [0.1, 0.15) is 33.2 Å². The second-order valence-corrected chi connectivity index (χ2v) is 10.2. The van der Waals surface area contributed by atoms with Gasteiger partial charge in [-0.3, -0.25) is 0 Å². The third-order valence-corrected chi connectivity index (χ3v) is 7.64. The molecule has 212 valence electrons. The van der Waals surface area contributed by atoms with Crippen LogP contribution in [0.15, 0.2) is 113 Å². The molecular weight excluding hydrogens is 540 g/mol. The van der Waals surface area contributed by atoms with Crippen LogP contribution in [0.3, 0.4) is 0 Å². The van der Waals surface area contributed by atoms with E-state index >= 15 is 0 Å². The Bertz CT molecular complexity index is 1890. The number of nitrogens with one attached hydrogen (secondary N) is 1. The highest BCUT2D eigenvalue weighted by Gasteiger charge is 2.41. The Morgan fingerprint density at radius 3 is 2.28 bits per heavy atom. The highest BCUT2D eigenvalue weighted by atomic mass is 16.5. The molecule has 0 bridgehead atoms. The molecule has 1 N–H and O–H groups in total. The molecule has 0 unspecified atom stereocenters. The van der Waals surface area contributed by atoms with E-state index < -0.39 is 0 Å². The van der Waals surface area contributed by atoms with Crippen molar-refractivity contribution in [1.29, 1.82) is 0 Å². The molecule has 0 spiro atoms. The highest BCUT2D eigenvalue weighted by Crippen LogP contribution is 2.48. The lowest BCUT2D eigenvalue weighted by Gasteiger charge is -2.40. The fourth-order valence-electron chi connectivity index (χ4n) is 5.59. The molecule has 0 saturated heterocycles. The first-order valence-electron chi connectivity index (χ1n) is 13.9. The summed E-state index contributed by atoms with van der Waals surface area (Å²) in [6.45, 7) is 2.01. The Morgan fingerprint density at radius 2 is 1.56 bits per heavy atom. The molecular formula is C34H28N6O3. The predicted molar refractivity (Wildman–Crippen MR) is 168 cm³/mol. The molecule has 4 aromatic carbocycles. The van der Waals surface area contributed by atoms with Crippen molar-refractivity contribution >= 4 is 40.5 Å². The first kappa shape index (κ1) is 26.2. The lowest BCUT2D eigenvalue weighted by molar-refractivity contribution is 0.0600. The number of methoxy groups -OCH3 is 2. The summed E-state index contributed by atoms with van der Waals surface area (Å²) in [5, 5.41) is 8.48. The number of carbonyl (C=O) groups is 1. The Kier molecular flexibility index (Phi) is 6.47. The van der Waals surface area contributed by atoms with Gasteiger partial charge in [0.2, 0.25) is 0 Å². The van der Waals surface area contributed by atoms with Gasteiger partial charge in [0.1, 0.15) is 5.75 Å². The van der Waals surface area contributed by atoms with Gasteiger partial charge < -0.3 is 19.7 Å². The molecule has 9 nitrogen and oxygen atoms in total. The highest BCUT2D eigenvalue weighted by molar-refractivity contribution is 6.51. The number of aryl methyl sites for hydroxylation is 1. The SMILES string of the molecule is COC(=O)c1ccc([C@H]2c3c(C)nn(-c4ccccc4)c3N=C3C(Nc4ccc(OC)cc4)=Nc4ccccc4N32)cc1. The minimum absolute atomic E-state index is 0.309. The number of esters is 1. The van der Waals surface area contributed by atoms with E-state index in [1.54, 1.807) is 19.2 Å². The van der Waals surface area contributed by atoms with Crippen molar-refractivity contribution in [3.63, 3.8) is 0 Å². The van der Waals surface area contributed by atoms with Crippen molar-refractivity contribution in [2.75, 3.05) is 24.4 Å². The van der Waals surface area contributed by atoms with Gasteiger partial charge in [0.15, 0.2) is 17.5 Å². The number of ether oxygens (including phenoxy) is 2. The van der Waals surface area contributed by atoms with Gasteiger partial charge in [-0.2, -0.15) is 5.10 Å². The Balaban J connectivity index is 1.45. The average Bonchev–Trinajstić information content (AvgIpc) is 3.40. The number of fused-ring (bicyclic) bond motifs is 4. The molecule has 0 fully saturated rings. The van der Waals surface area contributed by atoms with Crippen molar-refractivity contribution < 1.29 is 14.3 Å². The molecule has 0 radical (unpaired) electrons. The van der Waals surface area contributed by atoms with Crippen LogP contribution in [0.4, 0.5) is 22.9 Å².